The Morgan fingerprint density at radius 3 is 2.09 bits per heavy atom. The first-order valence-electron chi connectivity index (χ1n) is 10.4. The van der Waals surface area contributed by atoms with Gasteiger partial charge in [-0.05, 0) is 43.2 Å². The van der Waals surface area contributed by atoms with E-state index in [0.717, 1.165) is 37.2 Å². The first-order chi connectivity index (χ1) is 15.6. The highest BCUT2D eigenvalue weighted by molar-refractivity contribution is 5.46. The summed E-state index contributed by atoms with van der Waals surface area (Å²) < 4.78 is 93.9. The van der Waals surface area contributed by atoms with Crippen molar-refractivity contribution in [2.24, 2.45) is 0 Å². The predicted molar refractivity (Wildman–Crippen MR) is 106 cm³/mol. The van der Waals surface area contributed by atoms with Gasteiger partial charge in [0, 0.05) is 38.2 Å². The molecular formula is C22H22F6N2O3. The summed E-state index contributed by atoms with van der Waals surface area (Å²) in [5.74, 6) is 0.601. The SMILES string of the molecule is COCOc1cc(C(F)(F)F)ccc1OC1C[C@H]2CC[C@@H](C1)N2c1ccc(C(F)(F)F)cn1. The first kappa shape index (κ1) is 23.5. The number of piperidine rings is 1. The van der Waals surface area contributed by atoms with Crippen molar-refractivity contribution < 1.29 is 40.6 Å². The summed E-state index contributed by atoms with van der Waals surface area (Å²) in [6.07, 6.45) is -5.65. The minimum Gasteiger partial charge on any atom is -0.486 e. The molecule has 5 nitrogen and oxygen atoms in total. The molecule has 2 fully saturated rings. The summed E-state index contributed by atoms with van der Waals surface area (Å²) >= 11 is 0. The second kappa shape index (κ2) is 8.92. The molecule has 0 aliphatic carbocycles. The molecule has 2 bridgehead atoms. The van der Waals surface area contributed by atoms with Crippen LogP contribution in [0.4, 0.5) is 32.2 Å². The number of anilines is 1. The maximum absolute atomic E-state index is 13.1. The van der Waals surface area contributed by atoms with Gasteiger partial charge < -0.3 is 19.1 Å². The van der Waals surface area contributed by atoms with E-state index in [0.29, 0.717) is 18.7 Å². The van der Waals surface area contributed by atoms with E-state index in [1.807, 2.05) is 4.90 Å². The number of aromatic nitrogens is 1. The van der Waals surface area contributed by atoms with E-state index in [-0.39, 0.29) is 36.5 Å². The molecule has 11 heteroatoms. The lowest BCUT2D eigenvalue weighted by atomic mass is 9.99. The predicted octanol–water partition coefficient (Wildman–Crippen LogP) is 5.68. The van der Waals surface area contributed by atoms with E-state index in [1.165, 1.54) is 19.2 Å². The van der Waals surface area contributed by atoms with Crippen molar-refractivity contribution in [3.63, 3.8) is 0 Å². The molecule has 33 heavy (non-hydrogen) atoms. The van der Waals surface area contributed by atoms with E-state index in [2.05, 4.69) is 4.98 Å². The summed E-state index contributed by atoms with van der Waals surface area (Å²) in [7, 11) is 1.36. The standard InChI is InChI=1S/C22H22F6N2O3/c1-31-12-32-19-8-13(21(23,24)25)2-6-18(19)33-17-9-15-4-5-16(10-17)30(15)20-7-3-14(11-29-20)22(26,27)28/h2-3,6-8,11,15-17H,4-5,9-10,12H2,1H3/t15-,16+,17?. The Hall–Kier alpha value is -2.69. The van der Waals surface area contributed by atoms with Gasteiger partial charge in [-0.1, -0.05) is 0 Å². The van der Waals surface area contributed by atoms with Crippen molar-refractivity contribution in [1.82, 2.24) is 4.98 Å². The van der Waals surface area contributed by atoms with E-state index in [1.54, 1.807) is 0 Å². The van der Waals surface area contributed by atoms with Gasteiger partial charge >= 0.3 is 12.4 Å². The number of nitrogens with zero attached hydrogens (tertiary/aromatic N) is 2. The van der Waals surface area contributed by atoms with Crippen LogP contribution >= 0.6 is 0 Å². The number of methoxy groups -OCH3 is 1. The van der Waals surface area contributed by atoms with Crippen LogP contribution in [0, 0.1) is 0 Å². The Bertz CT molecular complexity index is 950. The molecule has 3 heterocycles. The maximum Gasteiger partial charge on any atom is 0.417 e. The fraction of sp³-hybridized carbons (Fsp3) is 0.500. The van der Waals surface area contributed by atoms with Gasteiger partial charge in [-0.2, -0.15) is 26.3 Å². The summed E-state index contributed by atoms with van der Waals surface area (Å²) in [6, 6.07) is 5.47. The molecule has 0 N–H and O–H groups in total. The van der Waals surface area contributed by atoms with Gasteiger partial charge in [0.25, 0.3) is 0 Å². The van der Waals surface area contributed by atoms with E-state index >= 15 is 0 Å². The van der Waals surface area contributed by atoms with Gasteiger partial charge in [-0.3, -0.25) is 0 Å². The molecule has 1 aromatic carbocycles. The van der Waals surface area contributed by atoms with Crippen molar-refractivity contribution in [3.8, 4) is 11.5 Å². The number of hydrogen-bond acceptors (Lipinski definition) is 5. The number of rotatable bonds is 6. The molecule has 4 rings (SSSR count). The van der Waals surface area contributed by atoms with E-state index in [9.17, 15) is 26.3 Å². The highest BCUT2D eigenvalue weighted by Crippen LogP contribution is 2.42. The fourth-order valence-electron chi connectivity index (χ4n) is 4.50. The topological polar surface area (TPSA) is 43.8 Å². The number of alkyl halides is 6. The molecule has 2 aliphatic heterocycles. The molecule has 0 radical (unpaired) electrons. The van der Waals surface area contributed by atoms with Gasteiger partial charge in [-0.25, -0.2) is 4.98 Å². The molecule has 2 saturated heterocycles. The monoisotopic (exact) mass is 476 g/mol. The Balaban J connectivity index is 1.48. The van der Waals surface area contributed by atoms with Gasteiger partial charge in [-0.15, -0.1) is 0 Å². The van der Waals surface area contributed by atoms with Gasteiger partial charge in [0.05, 0.1) is 11.1 Å². The average molecular weight is 476 g/mol. The van der Waals surface area contributed by atoms with Crippen molar-refractivity contribution in [1.29, 1.82) is 0 Å². The molecule has 0 amide bonds. The fourth-order valence-corrected chi connectivity index (χ4v) is 4.50. The normalized spacial score (nSPS) is 23.0. The number of benzene rings is 1. The highest BCUT2D eigenvalue weighted by atomic mass is 19.4. The van der Waals surface area contributed by atoms with Gasteiger partial charge in [0.2, 0.25) is 0 Å². The van der Waals surface area contributed by atoms with Crippen LogP contribution in [0.15, 0.2) is 36.5 Å². The number of pyridine rings is 1. The molecule has 2 aliphatic rings. The third-order valence-corrected chi connectivity index (χ3v) is 5.93. The minimum atomic E-state index is -4.52. The van der Waals surface area contributed by atoms with Gasteiger partial charge in [0.1, 0.15) is 11.9 Å². The van der Waals surface area contributed by atoms with Crippen LogP contribution in [0.25, 0.3) is 0 Å². The summed E-state index contributed by atoms with van der Waals surface area (Å²) in [6.45, 7) is -0.235. The zero-order valence-electron chi connectivity index (χ0n) is 17.6. The molecule has 180 valence electrons. The van der Waals surface area contributed by atoms with Crippen LogP contribution in [-0.4, -0.2) is 37.1 Å². The van der Waals surface area contributed by atoms with Gasteiger partial charge in [0.15, 0.2) is 18.3 Å². The summed E-state index contributed by atoms with van der Waals surface area (Å²) in [4.78, 5) is 6.05. The van der Waals surface area contributed by atoms with Crippen molar-refractivity contribution in [2.45, 2.75) is 56.2 Å². The van der Waals surface area contributed by atoms with Crippen LogP contribution in [0.1, 0.15) is 36.8 Å². The third-order valence-electron chi connectivity index (χ3n) is 5.93. The van der Waals surface area contributed by atoms with Crippen molar-refractivity contribution in [2.75, 3.05) is 18.8 Å². The number of hydrogen-bond donors (Lipinski definition) is 0. The van der Waals surface area contributed by atoms with E-state index < -0.39 is 23.5 Å². The lowest BCUT2D eigenvalue weighted by Gasteiger charge is -2.39. The molecular weight excluding hydrogens is 454 g/mol. The second-order valence-corrected chi connectivity index (χ2v) is 8.12. The summed E-state index contributed by atoms with van der Waals surface area (Å²) in [5, 5.41) is 0. The minimum absolute atomic E-state index is 0.00998. The van der Waals surface area contributed by atoms with Crippen LogP contribution in [0.5, 0.6) is 11.5 Å². The lowest BCUT2D eigenvalue weighted by molar-refractivity contribution is -0.138. The summed E-state index contributed by atoms with van der Waals surface area (Å²) in [5.41, 5.74) is -1.66. The molecule has 1 aromatic heterocycles. The van der Waals surface area contributed by atoms with Crippen molar-refractivity contribution in [3.05, 3.63) is 47.7 Å². The molecule has 2 aromatic rings. The Morgan fingerprint density at radius 1 is 0.909 bits per heavy atom. The highest BCUT2D eigenvalue weighted by Gasteiger charge is 2.43. The first-order valence-corrected chi connectivity index (χ1v) is 10.4. The Labute approximate surface area is 186 Å². The largest absolute Gasteiger partial charge is 0.486 e. The Kier molecular flexibility index (Phi) is 6.35. The van der Waals surface area contributed by atoms with Crippen LogP contribution < -0.4 is 14.4 Å². The van der Waals surface area contributed by atoms with Crippen LogP contribution in [0.3, 0.4) is 0 Å². The average Bonchev–Trinajstić information content (AvgIpc) is 3.02. The van der Waals surface area contributed by atoms with Crippen LogP contribution in [-0.2, 0) is 17.1 Å². The Morgan fingerprint density at radius 2 is 1.55 bits per heavy atom. The smallest absolute Gasteiger partial charge is 0.417 e. The number of fused-ring (bicyclic) bond motifs is 2. The zero-order valence-corrected chi connectivity index (χ0v) is 17.6. The molecule has 3 atom stereocenters. The zero-order chi connectivity index (χ0) is 23.8. The second-order valence-electron chi connectivity index (χ2n) is 8.12. The molecule has 0 spiro atoms. The lowest BCUT2D eigenvalue weighted by Crippen LogP contribution is -2.46. The third kappa shape index (κ3) is 5.13. The molecule has 1 unspecified atom stereocenters. The quantitative estimate of drug-likeness (QED) is 0.397. The van der Waals surface area contributed by atoms with E-state index in [4.69, 9.17) is 14.2 Å². The number of ether oxygens (including phenoxy) is 3. The molecule has 0 saturated carbocycles. The van der Waals surface area contributed by atoms with Crippen molar-refractivity contribution >= 4 is 5.82 Å². The van der Waals surface area contributed by atoms with Crippen LogP contribution in [0.2, 0.25) is 0 Å². The number of halogens is 6. The maximum atomic E-state index is 13.1.